The number of aromatic nitrogens is 3. The molecule has 0 aliphatic rings. The minimum atomic E-state index is -0.507. The quantitative estimate of drug-likeness (QED) is 0.171. The first-order valence-corrected chi connectivity index (χ1v) is 14.9. The number of aryl methyl sites for hydroxylation is 3. The molecular formula is C36H30FN3O2S. The van der Waals surface area contributed by atoms with Crippen LogP contribution in [0.4, 0.5) is 4.39 Å². The highest BCUT2D eigenvalue weighted by Gasteiger charge is 2.23. The van der Waals surface area contributed by atoms with Crippen molar-refractivity contribution in [2.45, 2.75) is 33.4 Å². The van der Waals surface area contributed by atoms with Crippen molar-refractivity contribution < 1.29 is 9.13 Å². The summed E-state index contributed by atoms with van der Waals surface area (Å²) < 4.78 is 23.0. The Morgan fingerprint density at radius 3 is 2.30 bits per heavy atom. The van der Waals surface area contributed by atoms with Crippen LogP contribution in [0.2, 0.25) is 0 Å². The van der Waals surface area contributed by atoms with Gasteiger partial charge in [-0.05, 0) is 67.3 Å². The summed E-state index contributed by atoms with van der Waals surface area (Å²) in [7, 11) is 0. The third-order valence-electron chi connectivity index (χ3n) is 7.31. The van der Waals surface area contributed by atoms with Crippen molar-refractivity contribution in [1.29, 1.82) is 0 Å². The van der Waals surface area contributed by atoms with Gasteiger partial charge in [0.25, 0.3) is 5.56 Å². The molecule has 0 aliphatic heterocycles. The first-order valence-electron chi connectivity index (χ1n) is 14.1. The van der Waals surface area contributed by atoms with E-state index < -0.39 is 5.82 Å². The lowest BCUT2D eigenvalue weighted by Crippen LogP contribution is -2.27. The van der Waals surface area contributed by atoms with Crippen molar-refractivity contribution in [1.82, 2.24) is 14.5 Å². The van der Waals surface area contributed by atoms with Gasteiger partial charge in [0.2, 0.25) is 0 Å². The van der Waals surface area contributed by atoms with Crippen LogP contribution in [0.25, 0.3) is 32.4 Å². The second-order valence-electron chi connectivity index (χ2n) is 10.3. The summed E-state index contributed by atoms with van der Waals surface area (Å²) in [6.45, 7) is 4.41. The van der Waals surface area contributed by atoms with Crippen molar-refractivity contribution in [2.24, 2.45) is 0 Å². The van der Waals surface area contributed by atoms with Gasteiger partial charge >= 0.3 is 0 Å². The second-order valence-corrected chi connectivity index (χ2v) is 11.4. The molecule has 0 N–H and O–H groups in total. The number of halogens is 1. The van der Waals surface area contributed by atoms with Gasteiger partial charge < -0.3 is 4.74 Å². The molecule has 0 unspecified atom stereocenters. The molecule has 0 bridgehead atoms. The van der Waals surface area contributed by atoms with Crippen LogP contribution in [-0.4, -0.2) is 14.5 Å². The zero-order valence-electron chi connectivity index (χ0n) is 24.0. The van der Waals surface area contributed by atoms with Crippen LogP contribution in [0.1, 0.15) is 22.4 Å². The Morgan fingerprint density at radius 1 is 0.860 bits per heavy atom. The molecule has 0 fully saturated rings. The molecule has 3 aromatic heterocycles. The van der Waals surface area contributed by atoms with Crippen LogP contribution in [0.5, 0.6) is 5.75 Å². The van der Waals surface area contributed by atoms with Crippen LogP contribution < -0.4 is 10.3 Å². The van der Waals surface area contributed by atoms with E-state index in [2.05, 4.69) is 4.98 Å². The normalized spacial score (nSPS) is 11.0. The number of hydrogen-bond donors (Lipinski definition) is 0. The van der Waals surface area contributed by atoms with Gasteiger partial charge in [-0.2, -0.15) is 0 Å². The lowest BCUT2D eigenvalue weighted by atomic mass is 10.1. The fourth-order valence-electron chi connectivity index (χ4n) is 5.16. The van der Waals surface area contributed by atoms with Crippen molar-refractivity contribution in [3.8, 4) is 38.1 Å². The topological polar surface area (TPSA) is 57.0 Å². The Morgan fingerprint density at radius 2 is 1.58 bits per heavy atom. The number of thiophene rings is 1. The maximum Gasteiger partial charge on any atom is 0.262 e. The minimum Gasteiger partial charge on any atom is -0.485 e. The number of para-hydroxylation sites is 1. The molecule has 3 heterocycles. The van der Waals surface area contributed by atoms with E-state index in [4.69, 9.17) is 9.72 Å². The van der Waals surface area contributed by atoms with Gasteiger partial charge in [-0.15, -0.1) is 11.3 Å². The Hall–Kier alpha value is -4.88. The smallest absolute Gasteiger partial charge is 0.262 e. The highest BCUT2D eigenvalue weighted by Crippen LogP contribution is 2.38. The summed E-state index contributed by atoms with van der Waals surface area (Å²) >= 11 is 1.53. The third-order valence-corrected chi connectivity index (χ3v) is 8.59. The Balaban J connectivity index is 1.48. The Kier molecular flexibility index (Phi) is 8.24. The van der Waals surface area contributed by atoms with E-state index in [0.29, 0.717) is 35.6 Å². The van der Waals surface area contributed by atoms with Crippen molar-refractivity contribution in [2.75, 3.05) is 0 Å². The molecule has 6 aromatic rings. The first kappa shape index (κ1) is 28.2. The van der Waals surface area contributed by atoms with Gasteiger partial charge in [-0.1, -0.05) is 72.8 Å². The van der Waals surface area contributed by atoms with E-state index >= 15 is 4.39 Å². The maximum absolute atomic E-state index is 15.3. The summed E-state index contributed by atoms with van der Waals surface area (Å²) in [5, 5.41) is 0. The van der Waals surface area contributed by atoms with Crippen LogP contribution in [0.15, 0.2) is 114 Å². The molecule has 214 valence electrons. The van der Waals surface area contributed by atoms with Crippen LogP contribution in [-0.2, 0) is 19.6 Å². The summed E-state index contributed by atoms with van der Waals surface area (Å²) in [6.07, 6.45) is 2.37. The molecule has 0 amide bonds. The first-order chi connectivity index (χ1) is 21.0. The predicted octanol–water partition coefficient (Wildman–Crippen LogP) is 8.28. The van der Waals surface area contributed by atoms with Gasteiger partial charge in [0, 0.05) is 17.6 Å². The van der Waals surface area contributed by atoms with Crippen molar-refractivity contribution in [3.63, 3.8) is 0 Å². The predicted molar refractivity (Wildman–Crippen MR) is 171 cm³/mol. The summed E-state index contributed by atoms with van der Waals surface area (Å²) in [5.74, 6) is -0.0563. The molecule has 0 saturated carbocycles. The number of benzene rings is 3. The van der Waals surface area contributed by atoms with E-state index in [1.54, 1.807) is 22.9 Å². The van der Waals surface area contributed by atoms with Crippen LogP contribution in [0.3, 0.4) is 0 Å². The van der Waals surface area contributed by atoms with Crippen LogP contribution >= 0.6 is 11.3 Å². The monoisotopic (exact) mass is 587 g/mol. The maximum atomic E-state index is 15.3. The lowest BCUT2D eigenvalue weighted by Gasteiger charge is -2.18. The standard InChI is InChI=1S/C36H30FN3O2S/c1-24-22-31(43-34(24)30-18-9-10-20-38-30)32-25(2)39-35(40(36(32)41)21-19-26-12-5-3-6-13-26)28-16-11-17-29(37)33(28)42-23-27-14-7-4-8-15-27/h3-18,20,22H,19,21,23H2,1-2H3. The van der Waals surface area contributed by atoms with Crippen molar-refractivity contribution >= 4 is 11.3 Å². The van der Waals surface area contributed by atoms with E-state index in [-0.39, 0.29) is 17.9 Å². The average molecular weight is 588 g/mol. The van der Waals surface area contributed by atoms with E-state index in [9.17, 15) is 4.79 Å². The summed E-state index contributed by atoms with van der Waals surface area (Å²) in [6, 6.07) is 32.2. The molecule has 0 saturated heterocycles. The van der Waals surface area contributed by atoms with Gasteiger partial charge in [0.1, 0.15) is 12.4 Å². The molecular weight excluding hydrogens is 557 g/mol. The highest BCUT2D eigenvalue weighted by atomic mass is 32.1. The van der Waals surface area contributed by atoms with Crippen LogP contribution in [0, 0.1) is 19.7 Å². The summed E-state index contributed by atoms with van der Waals surface area (Å²) in [5.41, 5.74) is 5.28. The average Bonchev–Trinajstić information content (AvgIpc) is 3.41. The zero-order valence-corrected chi connectivity index (χ0v) is 24.8. The van der Waals surface area contributed by atoms with Crippen molar-refractivity contribution in [3.05, 3.63) is 148 Å². The fourth-order valence-corrected chi connectivity index (χ4v) is 6.40. The molecule has 43 heavy (non-hydrogen) atoms. The number of ether oxygens (including phenoxy) is 1. The van der Waals surface area contributed by atoms with Gasteiger partial charge in [0.05, 0.1) is 27.4 Å². The molecule has 0 aliphatic carbocycles. The fraction of sp³-hybridized carbons (Fsp3) is 0.139. The molecule has 0 spiro atoms. The van der Waals surface area contributed by atoms with Gasteiger partial charge in [0.15, 0.2) is 11.6 Å². The molecule has 0 radical (unpaired) electrons. The third kappa shape index (κ3) is 6.03. The molecule has 7 heteroatoms. The molecule has 0 atom stereocenters. The number of hydrogen-bond acceptors (Lipinski definition) is 5. The molecule has 6 rings (SSSR count). The molecule has 5 nitrogen and oxygen atoms in total. The molecule has 3 aromatic carbocycles. The largest absolute Gasteiger partial charge is 0.485 e. The number of rotatable bonds is 9. The number of nitrogens with zero attached hydrogens (tertiary/aromatic N) is 3. The Labute approximate surface area is 253 Å². The number of pyridine rings is 1. The van der Waals surface area contributed by atoms with Gasteiger partial charge in [-0.25, -0.2) is 9.37 Å². The van der Waals surface area contributed by atoms with E-state index in [1.165, 1.54) is 17.4 Å². The summed E-state index contributed by atoms with van der Waals surface area (Å²) in [4.78, 5) is 25.7. The Bertz CT molecular complexity index is 1920. The lowest BCUT2D eigenvalue weighted by molar-refractivity contribution is 0.291. The minimum absolute atomic E-state index is 0.0725. The SMILES string of the molecule is Cc1cc(-c2c(C)nc(-c3cccc(F)c3OCc3ccccc3)n(CCc3ccccc3)c2=O)sc1-c1ccccn1. The zero-order chi connectivity index (χ0) is 29.8. The van der Waals surface area contributed by atoms with E-state index in [1.807, 2.05) is 98.8 Å². The second kappa shape index (κ2) is 12.5. The van der Waals surface area contributed by atoms with E-state index in [0.717, 1.165) is 32.1 Å². The highest BCUT2D eigenvalue weighted by molar-refractivity contribution is 7.19. The van der Waals surface area contributed by atoms with Gasteiger partial charge in [-0.3, -0.25) is 14.3 Å².